The van der Waals surface area contributed by atoms with Gasteiger partial charge in [0.1, 0.15) is 0 Å². The van der Waals surface area contributed by atoms with Crippen LogP contribution in [0.25, 0.3) is 0 Å². The highest BCUT2D eigenvalue weighted by molar-refractivity contribution is 5.91. The fourth-order valence-corrected chi connectivity index (χ4v) is 2.35. The smallest absolute Gasteiger partial charge is 0.224 e. The van der Waals surface area contributed by atoms with E-state index in [9.17, 15) is 4.79 Å². The lowest BCUT2D eigenvalue weighted by atomic mass is 10.1. The van der Waals surface area contributed by atoms with Crippen LogP contribution in [0.4, 0.5) is 5.69 Å². The van der Waals surface area contributed by atoms with E-state index in [2.05, 4.69) is 30.4 Å². The maximum atomic E-state index is 12.1. The topological polar surface area (TPSA) is 55.1 Å². The monoisotopic (exact) mass is 282 g/mol. The molecule has 3 N–H and O–H groups in total. The number of para-hydroxylation sites is 1. The maximum Gasteiger partial charge on any atom is 0.224 e. The van der Waals surface area contributed by atoms with Crippen molar-refractivity contribution in [2.45, 2.75) is 32.7 Å². The van der Waals surface area contributed by atoms with E-state index in [1.807, 2.05) is 37.3 Å². The summed E-state index contributed by atoms with van der Waals surface area (Å²) in [6.07, 6.45) is 1.21. The molecule has 1 amide bonds. The molecular weight excluding hydrogens is 260 g/mol. The Kier molecular flexibility index (Phi) is 5.12. The number of hydrogen-bond donors (Lipinski definition) is 2. The van der Waals surface area contributed by atoms with E-state index in [1.54, 1.807) is 0 Å². The van der Waals surface area contributed by atoms with Crippen LogP contribution >= 0.6 is 0 Å². The predicted molar refractivity (Wildman–Crippen MR) is 87.2 cm³/mol. The second-order valence-electron chi connectivity index (χ2n) is 5.41. The van der Waals surface area contributed by atoms with Gasteiger partial charge in [0.05, 0.1) is 0 Å². The molecule has 0 heterocycles. The van der Waals surface area contributed by atoms with Gasteiger partial charge >= 0.3 is 0 Å². The molecule has 3 heteroatoms. The largest absolute Gasteiger partial charge is 0.326 e. The van der Waals surface area contributed by atoms with E-state index in [-0.39, 0.29) is 11.9 Å². The number of rotatable bonds is 5. The van der Waals surface area contributed by atoms with E-state index in [0.717, 1.165) is 17.7 Å². The molecule has 21 heavy (non-hydrogen) atoms. The lowest BCUT2D eigenvalue weighted by molar-refractivity contribution is -0.116. The summed E-state index contributed by atoms with van der Waals surface area (Å²) in [4.78, 5) is 12.1. The van der Waals surface area contributed by atoms with Crippen molar-refractivity contribution >= 4 is 11.6 Å². The zero-order chi connectivity index (χ0) is 15.2. The second kappa shape index (κ2) is 7.04. The fraction of sp³-hybridized carbons (Fsp3) is 0.278. The van der Waals surface area contributed by atoms with E-state index >= 15 is 0 Å². The molecule has 0 aliphatic carbocycles. The van der Waals surface area contributed by atoms with E-state index in [1.165, 1.54) is 11.1 Å². The average molecular weight is 282 g/mol. The van der Waals surface area contributed by atoms with Crippen molar-refractivity contribution in [3.05, 3.63) is 65.2 Å². The lowest BCUT2D eigenvalue weighted by Gasteiger charge is -2.13. The number of nitrogens with two attached hydrogens (primary N) is 1. The minimum atomic E-state index is -0.0988. The first-order chi connectivity index (χ1) is 10.1. The van der Waals surface area contributed by atoms with Gasteiger partial charge in [-0.2, -0.15) is 0 Å². The Labute approximate surface area is 126 Å². The Hall–Kier alpha value is -2.13. The summed E-state index contributed by atoms with van der Waals surface area (Å²) in [6.45, 7) is 3.97. The maximum absolute atomic E-state index is 12.1. The normalized spacial score (nSPS) is 12.0. The first kappa shape index (κ1) is 15.3. The molecule has 0 fully saturated rings. The molecular formula is C18H22N2O. The molecule has 3 nitrogen and oxygen atoms in total. The number of carbonyl (C=O) groups excluding carboxylic acids is 1. The van der Waals surface area contributed by atoms with Gasteiger partial charge in [-0.1, -0.05) is 48.0 Å². The van der Waals surface area contributed by atoms with Crippen LogP contribution in [-0.4, -0.2) is 5.91 Å². The zero-order valence-corrected chi connectivity index (χ0v) is 12.6. The number of carbonyl (C=O) groups is 1. The summed E-state index contributed by atoms with van der Waals surface area (Å²) in [5.41, 5.74) is 10.1. The Balaban J connectivity index is 1.96. The summed E-state index contributed by atoms with van der Waals surface area (Å²) >= 11 is 0. The Morgan fingerprint density at radius 3 is 2.67 bits per heavy atom. The Morgan fingerprint density at radius 2 is 1.95 bits per heavy atom. The number of hydrogen-bond acceptors (Lipinski definition) is 2. The first-order valence-corrected chi connectivity index (χ1v) is 7.26. The molecule has 1 atom stereocenters. The van der Waals surface area contributed by atoms with Crippen LogP contribution in [0, 0.1) is 6.92 Å². The lowest BCUT2D eigenvalue weighted by Crippen LogP contribution is -2.16. The molecule has 110 valence electrons. The average Bonchev–Trinajstić information content (AvgIpc) is 2.45. The molecule has 0 aliphatic heterocycles. The van der Waals surface area contributed by atoms with Gasteiger partial charge in [0.2, 0.25) is 5.91 Å². The Morgan fingerprint density at radius 1 is 1.19 bits per heavy atom. The van der Waals surface area contributed by atoms with Crippen molar-refractivity contribution in [1.82, 2.24) is 0 Å². The van der Waals surface area contributed by atoms with Crippen LogP contribution < -0.4 is 11.1 Å². The third-order valence-corrected chi connectivity index (χ3v) is 3.45. The van der Waals surface area contributed by atoms with Crippen LogP contribution in [0.2, 0.25) is 0 Å². The molecule has 2 aromatic carbocycles. The summed E-state index contributed by atoms with van der Waals surface area (Å²) in [7, 11) is 0. The van der Waals surface area contributed by atoms with Gasteiger partial charge in [0.15, 0.2) is 0 Å². The van der Waals surface area contributed by atoms with Gasteiger partial charge in [-0.05, 0) is 37.5 Å². The molecule has 0 saturated heterocycles. The number of nitrogens with one attached hydrogen (secondary N) is 1. The van der Waals surface area contributed by atoms with E-state index in [0.29, 0.717) is 6.42 Å². The first-order valence-electron chi connectivity index (χ1n) is 7.26. The summed E-state index contributed by atoms with van der Waals surface area (Å²) in [5.74, 6) is 0.0182. The molecule has 2 aromatic rings. The highest BCUT2D eigenvalue weighted by Crippen LogP contribution is 2.21. The zero-order valence-electron chi connectivity index (χ0n) is 12.6. The standard InChI is InChI=1S/C18H22N2O/c1-13-6-5-7-15(12-13)10-11-18(21)20-17-9-4-3-8-16(17)14(2)19/h3-9,12,14H,10-11,19H2,1-2H3,(H,20,21). The van der Waals surface area contributed by atoms with Gasteiger partial charge in [-0.25, -0.2) is 0 Å². The SMILES string of the molecule is Cc1cccc(CCC(=O)Nc2ccccc2C(C)N)c1. The van der Waals surface area contributed by atoms with Crippen LogP contribution in [-0.2, 0) is 11.2 Å². The molecule has 2 rings (SSSR count). The third-order valence-electron chi connectivity index (χ3n) is 3.45. The van der Waals surface area contributed by atoms with E-state index < -0.39 is 0 Å². The van der Waals surface area contributed by atoms with Crippen molar-refractivity contribution in [2.24, 2.45) is 5.73 Å². The van der Waals surface area contributed by atoms with Crippen molar-refractivity contribution in [3.8, 4) is 0 Å². The van der Waals surface area contributed by atoms with Crippen LogP contribution in [0.15, 0.2) is 48.5 Å². The molecule has 0 bridgehead atoms. The molecule has 1 unspecified atom stereocenters. The van der Waals surface area contributed by atoms with Gasteiger partial charge < -0.3 is 11.1 Å². The predicted octanol–water partition coefficient (Wildman–Crippen LogP) is 3.59. The summed E-state index contributed by atoms with van der Waals surface area (Å²) in [6, 6.07) is 15.8. The third kappa shape index (κ3) is 4.43. The molecule has 0 radical (unpaired) electrons. The van der Waals surface area contributed by atoms with Gasteiger partial charge in [-0.15, -0.1) is 0 Å². The highest BCUT2D eigenvalue weighted by atomic mass is 16.1. The van der Waals surface area contributed by atoms with Crippen molar-refractivity contribution < 1.29 is 4.79 Å². The molecule has 0 saturated carbocycles. The number of aryl methyl sites for hydroxylation is 2. The quantitative estimate of drug-likeness (QED) is 0.880. The number of amides is 1. The highest BCUT2D eigenvalue weighted by Gasteiger charge is 2.09. The van der Waals surface area contributed by atoms with E-state index in [4.69, 9.17) is 5.73 Å². The van der Waals surface area contributed by atoms with Crippen LogP contribution in [0.1, 0.15) is 36.1 Å². The van der Waals surface area contributed by atoms with Crippen LogP contribution in [0.3, 0.4) is 0 Å². The van der Waals surface area contributed by atoms with Gasteiger partial charge in [-0.3, -0.25) is 4.79 Å². The van der Waals surface area contributed by atoms with Crippen LogP contribution in [0.5, 0.6) is 0 Å². The van der Waals surface area contributed by atoms with Crippen molar-refractivity contribution in [2.75, 3.05) is 5.32 Å². The number of anilines is 1. The molecule has 0 aliphatic rings. The van der Waals surface area contributed by atoms with Gasteiger partial charge in [0.25, 0.3) is 0 Å². The fourth-order valence-electron chi connectivity index (χ4n) is 2.35. The summed E-state index contributed by atoms with van der Waals surface area (Å²) in [5, 5.41) is 2.96. The molecule has 0 spiro atoms. The summed E-state index contributed by atoms with van der Waals surface area (Å²) < 4.78 is 0. The van der Waals surface area contributed by atoms with Gasteiger partial charge in [0, 0.05) is 18.2 Å². The minimum Gasteiger partial charge on any atom is -0.326 e. The molecule has 0 aromatic heterocycles. The second-order valence-corrected chi connectivity index (χ2v) is 5.41. The Bertz CT molecular complexity index is 620. The minimum absolute atomic E-state index is 0.0182. The van der Waals surface area contributed by atoms with Crippen molar-refractivity contribution in [1.29, 1.82) is 0 Å². The number of benzene rings is 2. The van der Waals surface area contributed by atoms with Crippen molar-refractivity contribution in [3.63, 3.8) is 0 Å².